The normalized spacial score (nSPS) is 10.8. The zero-order chi connectivity index (χ0) is 33.8. The van der Waals surface area contributed by atoms with Crippen molar-refractivity contribution in [2.24, 2.45) is 5.73 Å². The molecule has 0 aliphatic carbocycles. The second-order valence-corrected chi connectivity index (χ2v) is 10.3. The first-order valence-corrected chi connectivity index (χ1v) is 14.5. The fourth-order valence-electron chi connectivity index (χ4n) is 5.15. The van der Waals surface area contributed by atoms with Crippen molar-refractivity contribution in [3.05, 3.63) is 97.3 Å². The molecular weight excluding hydrogens is 616 g/mol. The molecule has 0 aliphatic heterocycles. The van der Waals surface area contributed by atoms with Gasteiger partial charge in [-0.3, -0.25) is 24.5 Å². The van der Waals surface area contributed by atoms with Crippen LogP contribution in [0.3, 0.4) is 0 Å². The number of anilines is 2. The number of hydrogen-bond donors (Lipinski definition) is 1. The van der Waals surface area contributed by atoms with E-state index in [9.17, 15) is 9.59 Å². The van der Waals surface area contributed by atoms with Crippen LogP contribution in [0.4, 0.5) is 11.4 Å². The highest BCUT2D eigenvalue weighted by Gasteiger charge is 2.23. The number of carbonyl (C=O) groups excluding carboxylic acids is 2. The summed E-state index contributed by atoms with van der Waals surface area (Å²) in [6.07, 6.45) is 3.26. The third kappa shape index (κ3) is 6.14. The van der Waals surface area contributed by atoms with E-state index in [2.05, 4.69) is 9.97 Å². The number of hydrogen-bond acceptors (Lipinski definition) is 10. The minimum Gasteiger partial charge on any atom is -0.493 e. The number of benzene rings is 4. The number of ether oxygens (including phenoxy) is 6. The number of aromatic nitrogens is 2. The average Bonchev–Trinajstić information content (AvgIpc) is 3.12. The van der Waals surface area contributed by atoms with E-state index in [1.807, 2.05) is 0 Å². The van der Waals surface area contributed by atoms with Gasteiger partial charge >= 0.3 is 11.8 Å². The second kappa shape index (κ2) is 13.4. The molecule has 0 aliphatic rings. The van der Waals surface area contributed by atoms with E-state index in [1.165, 1.54) is 4.90 Å². The zero-order valence-corrected chi connectivity index (χ0v) is 26.4. The lowest BCUT2D eigenvalue weighted by molar-refractivity contribution is -0.135. The molecule has 4 aromatic carbocycles. The topological polar surface area (TPSA) is 145 Å². The summed E-state index contributed by atoms with van der Waals surface area (Å²) in [5.41, 5.74) is 7.54. The van der Waals surface area contributed by atoms with E-state index in [1.54, 1.807) is 126 Å². The monoisotopic (exact) mass is 646 g/mol. The molecule has 2 amide bonds. The van der Waals surface area contributed by atoms with E-state index in [-0.39, 0.29) is 0 Å². The Labute approximate surface area is 275 Å². The number of pyridine rings is 2. The Morgan fingerprint density at radius 3 is 1.27 bits per heavy atom. The molecule has 0 radical (unpaired) electrons. The number of nitrogens with two attached hydrogens (primary N) is 1. The van der Waals surface area contributed by atoms with E-state index in [0.717, 1.165) is 0 Å². The highest BCUT2D eigenvalue weighted by Crippen LogP contribution is 2.39. The van der Waals surface area contributed by atoms with Crippen LogP contribution in [0.15, 0.2) is 97.3 Å². The number of methoxy groups -OCH3 is 4. The summed E-state index contributed by atoms with van der Waals surface area (Å²) in [7, 11) is 6.22. The van der Waals surface area contributed by atoms with Gasteiger partial charge in [0.05, 0.1) is 39.5 Å². The standard InChI is InChI=1S/C36H30N4O8/c1-43-31-17-25-27(19-33(31)45-3)38-15-13-29(25)47-23-9-5-21(6-10-23)40(36(42)35(37)41)22-7-11-24(12-8-22)48-30-14-16-39-28-20-34(46-4)32(44-2)18-26(28)30/h5-20H,1-4H3,(H2,37,41). The van der Waals surface area contributed by atoms with Crippen LogP contribution in [0, 0.1) is 0 Å². The molecule has 0 bridgehead atoms. The van der Waals surface area contributed by atoms with Crippen LogP contribution in [0.1, 0.15) is 0 Å². The first-order chi connectivity index (χ1) is 23.3. The summed E-state index contributed by atoms with van der Waals surface area (Å²) in [5.74, 6) is 2.16. The smallest absolute Gasteiger partial charge is 0.320 e. The Morgan fingerprint density at radius 1 is 0.542 bits per heavy atom. The van der Waals surface area contributed by atoms with Crippen molar-refractivity contribution in [1.82, 2.24) is 9.97 Å². The fourth-order valence-corrected chi connectivity index (χ4v) is 5.15. The molecule has 12 heteroatoms. The molecular formula is C36H30N4O8. The predicted octanol–water partition coefficient (Wildman–Crippen LogP) is 6.55. The van der Waals surface area contributed by atoms with E-state index in [0.29, 0.717) is 79.2 Å². The van der Waals surface area contributed by atoms with Crippen molar-refractivity contribution in [1.29, 1.82) is 0 Å². The van der Waals surface area contributed by atoms with Gasteiger partial charge in [-0.15, -0.1) is 0 Å². The Hall–Kier alpha value is -6.56. The van der Waals surface area contributed by atoms with Gasteiger partial charge in [0.2, 0.25) is 0 Å². The summed E-state index contributed by atoms with van der Waals surface area (Å²) in [6, 6.07) is 23.9. The highest BCUT2D eigenvalue weighted by molar-refractivity contribution is 6.41. The first kappa shape index (κ1) is 31.4. The molecule has 2 heterocycles. The van der Waals surface area contributed by atoms with Crippen LogP contribution in [-0.4, -0.2) is 50.2 Å². The predicted molar refractivity (Wildman–Crippen MR) is 179 cm³/mol. The van der Waals surface area contributed by atoms with Crippen molar-refractivity contribution >= 4 is 45.0 Å². The Bertz CT molecular complexity index is 2000. The van der Waals surface area contributed by atoms with Crippen LogP contribution in [0.2, 0.25) is 0 Å². The summed E-state index contributed by atoms with van der Waals surface area (Å²) in [6.45, 7) is 0. The van der Waals surface area contributed by atoms with Gasteiger partial charge in [-0.25, -0.2) is 0 Å². The molecule has 0 unspecified atom stereocenters. The fraction of sp³-hybridized carbons (Fsp3) is 0.111. The van der Waals surface area contributed by atoms with Gasteiger partial charge in [-0.1, -0.05) is 0 Å². The van der Waals surface area contributed by atoms with Crippen molar-refractivity contribution in [3.8, 4) is 46.0 Å². The van der Waals surface area contributed by atoms with Crippen molar-refractivity contribution in [2.75, 3.05) is 33.3 Å². The third-order valence-corrected chi connectivity index (χ3v) is 7.47. The van der Waals surface area contributed by atoms with Gasteiger partial charge < -0.3 is 34.2 Å². The zero-order valence-electron chi connectivity index (χ0n) is 26.4. The molecule has 2 N–H and O–H groups in total. The van der Waals surface area contributed by atoms with Crippen LogP contribution in [0.5, 0.6) is 46.0 Å². The SMILES string of the molecule is COc1cc2nccc(Oc3ccc(N(C(=O)C(N)=O)c4ccc(Oc5ccnc6cc(OC)c(OC)cc56)cc4)cc3)c2cc1OC. The Morgan fingerprint density at radius 2 is 0.917 bits per heavy atom. The van der Waals surface area contributed by atoms with Crippen LogP contribution < -0.4 is 39.1 Å². The van der Waals surface area contributed by atoms with Gasteiger partial charge in [0, 0.05) is 46.7 Å². The van der Waals surface area contributed by atoms with Crippen molar-refractivity contribution in [3.63, 3.8) is 0 Å². The van der Waals surface area contributed by atoms with Gasteiger partial charge in [-0.05, 0) is 72.8 Å². The molecule has 6 aromatic rings. The van der Waals surface area contributed by atoms with E-state index < -0.39 is 11.8 Å². The highest BCUT2D eigenvalue weighted by atomic mass is 16.5. The van der Waals surface area contributed by atoms with Crippen molar-refractivity contribution < 1.29 is 38.0 Å². The van der Waals surface area contributed by atoms with E-state index in [4.69, 9.17) is 34.2 Å². The number of amides is 2. The maximum absolute atomic E-state index is 13.0. The molecule has 48 heavy (non-hydrogen) atoms. The third-order valence-electron chi connectivity index (χ3n) is 7.47. The number of rotatable bonds is 10. The lowest BCUT2D eigenvalue weighted by atomic mass is 10.1. The Kier molecular flexibility index (Phi) is 8.79. The molecule has 0 saturated heterocycles. The first-order valence-electron chi connectivity index (χ1n) is 14.5. The second-order valence-electron chi connectivity index (χ2n) is 10.3. The van der Waals surface area contributed by atoms with Crippen LogP contribution in [0.25, 0.3) is 21.8 Å². The largest absolute Gasteiger partial charge is 0.493 e. The molecule has 6 rings (SSSR count). The number of primary amides is 1. The van der Waals surface area contributed by atoms with Gasteiger partial charge in [0.15, 0.2) is 23.0 Å². The Balaban J connectivity index is 1.26. The summed E-state index contributed by atoms with van der Waals surface area (Å²) < 4.78 is 34.0. The molecule has 12 nitrogen and oxygen atoms in total. The summed E-state index contributed by atoms with van der Waals surface area (Å²) in [5, 5.41) is 1.43. The summed E-state index contributed by atoms with van der Waals surface area (Å²) in [4.78, 5) is 35.2. The number of carbonyl (C=O) groups is 2. The lowest BCUT2D eigenvalue weighted by Crippen LogP contribution is -2.37. The molecule has 0 spiro atoms. The molecule has 0 atom stereocenters. The quantitative estimate of drug-likeness (QED) is 0.163. The van der Waals surface area contributed by atoms with Crippen molar-refractivity contribution in [2.45, 2.75) is 0 Å². The maximum Gasteiger partial charge on any atom is 0.320 e. The van der Waals surface area contributed by atoms with Gasteiger partial charge in [-0.2, -0.15) is 0 Å². The molecule has 242 valence electrons. The number of fused-ring (bicyclic) bond motifs is 2. The average molecular weight is 647 g/mol. The molecule has 0 saturated carbocycles. The van der Waals surface area contributed by atoms with E-state index >= 15 is 0 Å². The maximum atomic E-state index is 13.0. The number of nitrogens with zero attached hydrogens (tertiary/aromatic N) is 3. The van der Waals surface area contributed by atoms with Gasteiger partial charge in [0.1, 0.15) is 23.0 Å². The minimum absolute atomic E-state index is 0.395. The van der Waals surface area contributed by atoms with Gasteiger partial charge in [0.25, 0.3) is 0 Å². The summed E-state index contributed by atoms with van der Waals surface area (Å²) >= 11 is 0. The van der Waals surface area contributed by atoms with Crippen LogP contribution >= 0.6 is 0 Å². The molecule has 2 aromatic heterocycles. The minimum atomic E-state index is -1.11. The van der Waals surface area contributed by atoms with Crippen LogP contribution in [-0.2, 0) is 9.59 Å². The lowest BCUT2D eigenvalue weighted by Gasteiger charge is -2.22. The molecule has 0 fully saturated rings.